The third kappa shape index (κ3) is 4.43. The molecule has 27 heavy (non-hydrogen) atoms. The first kappa shape index (κ1) is 20.0. The lowest BCUT2D eigenvalue weighted by Crippen LogP contribution is -2.15. The number of hydrogen-bond acceptors (Lipinski definition) is 5. The van der Waals surface area contributed by atoms with Crippen LogP contribution in [0.5, 0.6) is 0 Å². The van der Waals surface area contributed by atoms with Gasteiger partial charge < -0.3 is 16.6 Å². The molecule has 5 N–H and O–H groups in total. The Balaban J connectivity index is 2.74. The Bertz CT molecular complexity index is 992. The summed E-state index contributed by atoms with van der Waals surface area (Å²) in [5, 5.41) is 9.46. The Morgan fingerprint density at radius 3 is 2.52 bits per heavy atom. The van der Waals surface area contributed by atoms with Crippen molar-refractivity contribution in [3.05, 3.63) is 58.6 Å². The van der Waals surface area contributed by atoms with E-state index in [2.05, 4.69) is 9.97 Å². The second-order valence-corrected chi connectivity index (χ2v) is 5.67. The van der Waals surface area contributed by atoms with Crippen LogP contribution in [0.1, 0.15) is 35.5 Å². The van der Waals surface area contributed by atoms with Gasteiger partial charge >= 0.3 is 6.18 Å². The van der Waals surface area contributed by atoms with Crippen molar-refractivity contribution in [1.29, 1.82) is 0 Å². The minimum absolute atomic E-state index is 0.0212. The van der Waals surface area contributed by atoms with E-state index < -0.39 is 17.8 Å². The summed E-state index contributed by atoms with van der Waals surface area (Å²) < 4.78 is 38.7. The number of amides is 1. The highest BCUT2D eigenvalue weighted by atomic mass is 19.4. The summed E-state index contributed by atoms with van der Waals surface area (Å²) in [6.07, 6.45) is 1.90. The number of nitrogen functional groups attached to an aromatic ring is 1. The van der Waals surface area contributed by atoms with Crippen LogP contribution < -0.4 is 11.5 Å². The van der Waals surface area contributed by atoms with Gasteiger partial charge in [-0.05, 0) is 38.1 Å². The molecule has 0 aliphatic rings. The highest BCUT2D eigenvalue weighted by Crippen LogP contribution is 2.32. The molecule has 1 aromatic carbocycles. The number of benzene rings is 1. The second kappa shape index (κ2) is 7.48. The number of fused-ring (bicyclic) bond motifs is 1. The number of carbonyl (C=O) groups excluding carboxylic acids is 1. The molecule has 1 amide bonds. The summed E-state index contributed by atoms with van der Waals surface area (Å²) in [5.41, 5.74) is 10.6. The van der Waals surface area contributed by atoms with Crippen LogP contribution >= 0.6 is 0 Å². The average molecular weight is 378 g/mol. The van der Waals surface area contributed by atoms with Gasteiger partial charge in [-0.25, -0.2) is 4.98 Å². The lowest BCUT2D eigenvalue weighted by Gasteiger charge is -2.12. The van der Waals surface area contributed by atoms with E-state index >= 15 is 0 Å². The van der Waals surface area contributed by atoms with Gasteiger partial charge in [0.05, 0.1) is 28.5 Å². The molecule has 9 heteroatoms. The molecule has 0 fully saturated rings. The fourth-order valence-corrected chi connectivity index (χ4v) is 2.27. The molecule has 0 aliphatic carbocycles. The van der Waals surface area contributed by atoms with Crippen LogP contribution in [0.3, 0.4) is 0 Å². The van der Waals surface area contributed by atoms with Crippen molar-refractivity contribution in [1.82, 2.24) is 9.97 Å². The van der Waals surface area contributed by atoms with Gasteiger partial charge in [0, 0.05) is 5.56 Å². The number of anilines is 1. The molecule has 2 aromatic rings. The minimum atomic E-state index is -4.69. The van der Waals surface area contributed by atoms with Gasteiger partial charge in [0.2, 0.25) is 0 Å². The van der Waals surface area contributed by atoms with E-state index in [0.29, 0.717) is 11.8 Å². The number of primary amides is 1. The molecule has 142 valence electrons. The molecule has 0 aliphatic heterocycles. The van der Waals surface area contributed by atoms with Gasteiger partial charge in [0.25, 0.3) is 5.91 Å². The van der Waals surface area contributed by atoms with Crippen LogP contribution in [0.2, 0.25) is 0 Å². The Labute approximate surface area is 152 Å². The van der Waals surface area contributed by atoms with E-state index in [0.717, 1.165) is 6.07 Å². The number of alkyl halides is 3. The molecule has 6 nitrogen and oxygen atoms in total. The molecular weight excluding hydrogens is 361 g/mol. The smallest absolute Gasteiger partial charge is 0.434 e. The third-order valence-corrected chi connectivity index (χ3v) is 3.66. The number of allylic oxidation sites excluding steroid dienone is 4. The van der Waals surface area contributed by atoms with Crippen molar-refractivity contribution in [3.8, 4) is 0 Å². The molecule has 1 aromatic heterocycles. The molecule has 0 saturated heterocycles. The Morgan fingerprint density at radius 2 is 1.96 bits per heavy atom. The van der Waals surface area contributed by atoms with Crippen molar-refractivity contribution < 1.29 is 23.1 Å². The zero-order valence-electron chi connectivity index (χ0n) is 14.5. The third-order valence-electron chi connectivity index (χ3n) is 3.66. The maximum absolute atomic E-state index is 12.9. The number of aliphatic hydroxyl groups is 1. The molecule has 0 spiro atoms. The monoisotopic (exact) mass is 378 g/mol. The average Bonchev–Trinajstić information content (AvgIpc) is 2.60. The molecular formula is C18H17F3N4O2. The van der Waals surface area contributed by atoms with Crippen molar-refractivity contribution in [2.75, 3.05) is 5.73 Å². The molecule has 2 rings (SSSR count). The Hall–Kier alpha value is -3.36. The molecule has 0 saturated carbocycles. The Morgan fingerprint density at radius 1 is 1.30 bits per heavy atom. The van der Waals surface area contributed by atoms with Crippen molar-refractivity contribution >= 4 is 28.7 Å². The molecule has 0 radical (unpaired) electrons. The first-order chi connectivity index (χ1) is 12.5. The summed E-state index contributed by atoms with van der Waals surface area (Å²) in [6.45, 7) is 3.33. The number of halogens is 3. The molecule has 1 heterocycles. The number of carbonyl (C=O) groups is 1. The van der Waals surface area contributed by atoms with Crippen molar-refractivity contribution in [2.24, 2.45) is 5.73 Å². The fourth-order valence-electron chi connectivity index (χ4n) is 2.27. The van der Waals surface area contributed by atoms with Gasteiger partial charge in [-0.15, -0.1) is 0 Å². The van der Waals surface area contributed by atoms with Gasteiger partial charge in [-0.2, -0.15) is 13.2 Å². The number of hydrogen-bond donors (Lipinski definition) is 3. The van der Waals surface area contributed by atoms with Crippen molar-refractivity contribution in [2.45, 2.75) is 20.0 Å². The van der Waals surface area contributed by atoms with E-state index in [4.69, 9.17) is 11.5 Å². The Kier molecular flexibility index (Phi) is 5.53. The van der Waals surface area contributed by atoms with Crippen LogP contribution in [0, 0.1) is 0 Å². The number of nitrogens with zero attached hydrogens (tertiary/aromatic N) is 2. The largest absolute Gasteiger partial charge is 0.508 e. The van der Waals surface area contributed by atoms with E-state index in [1.165, 1.54) is 18.2 Å². The molecule has 0 unspecified atom stereocenters. The maximum Gasteiger partial charge on any atom is 0.434 e. The summed E-state index contributed by atoms with van der Waals surface area (Å²) >= 11 is 0. The van der Waals surface area contributed by atoms with Gasteiger partial charge in [0.1, 0.15) is 5.76 Å². The van der Waals surface area contributed by atoms with Crippen LogP contribution in [0.15, 0.2) is 41.8 Å². The normalized spacial score (nSPS) is 13.5. The van der Waals surface area contributed by atoms with Crippen LogP contribution in [0.4, 0.5) is 18.9 Å². The van der Waals surface area contributed by atoms with Gasteiger partial charge in [0.15, 0.2) is 5.69 Å². The van der Waals surface area contributed by atoms with E-state index in [9.17, 15) is 23.1 Å². The first-order valence-corrected chi connectivity index (χ1v) is 7.72. The lowest BCUT2D eigenvalue weighted by molar-refractivity contribution is -0.141. The fraction of sp³-hybridized carbons (Fsp3) is 0.167. The van der Waals surface area contributed by atoms with Gasteiger partial charge in [-0.1, -0.05) is 11.6 Å². The maximum atomic E-state index is 12.9. The highest BCUT2D eigenvalue weighted by Gasteiger charge is 2.33. The van der Waals surface area contributed by atoms with Gasteiger partial charge in [-0.3, -0.25) is 9.78 Å². The topological polar surface area (TPSA) is 115 Å². The zero-order valence-corrected chi connectivity index (χ0v) is 14.5. The van der Waals surface area contributed by atoms with Crippen molar-refractivity contribution in [3.63, 3.8) is 0 Å². The lowest BCUT2D eigenvalue weighted by atomic mass is 10.0. The summed E-state index contributed by atoms with van der Waals surface area (Å²) in [4.78, 5) is 19.0. The molecule has 0 atom stereocenters. The first-order valence-electron chi connectivity index (χ1n) is 7.72. The minimum Gasteiger partial charge on any atom is -0.508 e. The molecule has 0 bridgehead atoms. The quantitative estimate of drug-likeness (QED) is 0.426. The predicted octanol–water partition coefficient (Wildman–Crippen LogP) is 3.75. The standard InChI is InChI=1S/C18H17F3N4O2/c1-3-10(26)5-4-9(2)6-11-15(22)12(17(23)27)7-13-16(11)24-8-14(25-13)18(19,20)21/h3-8,26H,22H2,1-2H3,(H2,23,27)/b5-4-,9-6+,10-3-. The predicted molar refractivity (Wildman–Crippen MR) is 96.6 cm³/mol. The number of rotatable bonds is 4. The van der Waals surface area contributed by atoms with E-state index in [1.54, 1.807) is 19.9 Å². The summed E-state index contributed by atoms with van der Waals surface area (Å²) in [6, 6.07) is 1.09. The van der Waals surface area contributed by atoms with E-state index in [1.807, 2.05) is 0 Å². The SMILES string of the molecule is C/C=C(O)/C=C\C(C)=C\c1c(N)c(C(N)=O)cc2nc(C(F)(F)F)cnc12. The summed E-state index contributed by atoms with van der Waals surface area (Å²) in [5.74, 6) is -0.871. The van der Waals surface area contributed by atoms with E-state index in [-0.39, 0.29) is 33.6 Å². The van der Waals surface area contributed by atoms with Crippen LogP contribution in [-0.4, -0.2) is 21.0 Å². The van der Waals surface area contributed by atoms with Crippen LogP contribution in [-0.2, 0) is 6.18 Å². The summed E-state index contributed by atoms with van der Waals surface area (Å²) in [7, 11) is 0. The number of nitrogens with two attached hydrogens (primary N) is 2. The second-order valence-electron chi connectivity index (χ2n) is 5.67. The number of aliphatic hydroxyl groups excluding tert-OH is 1. The number of aromatic nitrogens is 2. The van der Waals surface area contributed by atoms with Crippen LogP contribution in [0.25, 0.3) is 17.1 Å². The zero-order chi connectivity index (χ0) is 20.4. The highest BCUT2D eigenvalue weighted by molar-refractivity contribution is 6.05.